The summed E-state index contributed by atoms with van der Waals surface area (Å²) in [4.78, 5) is 19.1. The number of halogens is 3. The fourth-order valence-electron chi connectivity index (χ4n) is 3.93. The number of fused-ring (bicyclic) bond motifs is 1. The molecule has 174 valence electrons. The van der Waals surface area contributed by atoms with Gasteiger partial charge >= 0.3 is 6.18 Å². The van der Waals surface area contributed by atoms with Crippen LogP contribution in [0.4, 0.5) is 18.9 Å². The van der Waals surface area contributed by atoms with Crippen molar-refractivity contribution in [3.05, 3.63) is 125 Å². The Balaban J connectivity index is 1.50. The maximum Gasteiger partial charge on any atom is 0.416 e. The van der Waals surface area contributed by atoms with Crippen LogP contribution in [0.1, 0.15) is 27.0 Å². The van der Waals surface area contributed by atoms with Crippen molar-refractivity contribution in [3.63, 3.8) is 0 Å². The van der Waals surface area contributed by atoms with E-state index < -0.39 is 17.6 Å². The second-order valence-electron chi connectivity index (χ2n) is 7.97. The van der Waals surface area contributed by atoms with E-state index in [2.05, 4.69) is 4.99 Å². The molecule has 0 bridgehead atoms. The van der Waals surface area contributed by atoms with Crippen molar-refractivity contribution in [2.45, 2.75) is 12.7 Å². The second kappa shape index (κ2) is 9.10. The van der Waals surface area contributed by atoms with Gasteiger partial charge in [-0.1, -0.05) is 54.6 Å². The normalized spacial score (nSPS) is 14.1. The Morgan fingerprint density at radius 3 is 2.31 bits per heavy atom. The Labute approximate surface area is 199 Å². The van der Waals surface area contributed by atoms with Crippen molar-refractivity contribution in [1.82, 2.24) is 0 Å². The molecule has 4 aromatic rings. The number of alkyl halides is 3. The SMILES string of the molecule is O=C(N=C1c2ccccc2CN1c1cccc(C(F)(F)F)c1)c1cccc(Oc2ccccc2)c1. The van der Waals surface area contributed by atoms with Crippen LogP contribution in [0.2, 0.25) is 0 Å². The minimum Gasteiger partial charge on any atom is -0.457 e. The molecule has 1 heterocycles. The van der Waals surface area contributed by atoms with Gasteiger partial charge in [0, 0.05) is 16.8 Å². The van der Waals surface area contributed by atoms with Crippen LogP contribution in [0.15, 0.2) is 108 Å². The first-order chi connectivity index (χ1) is 16.9. The first-order valence-electron chi connectivity index (χ1n) is 10.9. The summed E-state index contributed by atoms with van der Waals surface area (Å²) >= 11 is 0. The molecule has 4 nitrogen and oxygen atoms in total. The van der Waals surface area contributed by atoms with Gasteiger partial charge in [-0.05, 0) is 54.1 Å². The van der Waals surface area contributed by atoms with E-state index in [4.69, 9.17) is 4.74 Å². The van der Waals surface area contributed by atoms with E-state index in [0.29, 0.717) is 40.7 Å². The van der Waals surface area contributed by atoms with Gasteiger partial charge in [0.2, 0.25) is 0 Å². The van der Waals surface area contributed by atoms with Gasteiger partial charge in [0.15, 0.2) is 0 Å². The Morgan fingerprint density at radius 1 is 0.800 bits per heavy atom. The number of aliphatic imine (C=N–C) groups is 1. The largest absolute Gasteiger partial charge is 0.457 e. The zero-order valence-electron chi connectivity index (χ0n) is 18.4. The number of carbonyl (C=O) groups excluding carboxylic acids is 1. The molecule has 0 aromatic heterocycles. The highest BCUT2D eigenvalue weighted by atomic mass is 19.4. The summed E-state index contributed by atoms with van der Waals surface area (Å²) in [5.74, 6) is 0.888. The van der Waals surface area contributed by atoms with Gasteiger partial charge in [0.05, 0.1) is 12.1 Å². The summed E-state index contributed by atoms with van der Waals surface area (Å²) in [6, 6.07) is 28.2. The molecule has 0 radical (unpaired) electrons. The number of amides is 1. The summed E-state index contributed by atoms with van der Waals surface area (Å²) < 4.78 is 45.8. The zero-order chi connectivity index (χ0) is 24.4. The summed E-state index contributed by atoms with van der Waals surface area (Å²) in [6.45, 7) is 0.306. The molecule has 0 aliphatic carbocycles. The number of anilines is 1. The molecule has 1 aliphatic rings. The summed E-state index contributed by atoms with van der Waals surface area (Å²) in [5.41, 5.74) is 1.43. The molecule has 0 saturated carbocycles. The molecular weight excluding hydrogens is 453 g/mol. The lowest BCUT2D eigenvalue weighted by Gasteiger charge is -2.20. The van der Waals surface area contributed by atoms with Crippen LogP contribution in [-0.2, 0) is 12.7 Å². The molecule has 0 N–H and O–H groups in total. The molecule has 0 atom stereocenters. The van der Waals surface area contributed by atoms with E-state index in [9.17, 15) is 18.0 Å². The quantitative estimate of drug-likeness (QED) is 0.318. The fraction of sp³-hybridized carbons (Fsp3) is 0.0714. The van der Waals surface area contributed by atoms with Crippen LogP contribution in [-0.4, -0.2) is 11.7 Å². The van der Waals surface area contributed by atoms with Crippen LogP contribution < -0.4 is 9.64 Å². The number of para-hydroxylation sites is 1. The molecule has 7 heteroatoms. The maximum absolute atomic E-state index is 13.3. The van der Waals surface area contributed by atoms with Gasteiger partial charge in [-0.2, -0.15) is 18.2 Å². The van der Waals surface area contributed by atoms with Crippen LogP contribution in [0, 0.1) is 0 Å². The molecule has 0 fully saturated rings. The fourth-order valence-corrected chi connectivity index (χ4v) is 3.93. The van der Waals surface area contributed by atoms with Crippen LogP contribution in [0.3, 0.4) is 0 Å². The van der Waals surface area contributed by atoms with Gasteiger partial charge in [-0.15, -0.1) is 0 Å². The number of rotatable bonds is 4. The maximum atomic E-state index is 13.3. The van der Waals surface area contributed by atoms with Gasteiger partial charge in [0.1, 0.15) is 17.3 Å². The zero-order valence-corrected chi connectivity index (χ0v) is 18.4. The molecular formula is C28H19F3N2O2. The third kappa shape index (κ3) is 4.80. The second-order valence-corrected chi connectivity index (χ2v) is 7.97. The first-order valence-corrected chi connectivity index (χ1v) is 10.9. The lowest BCUT2D eigenvalue weighted by atomic mass is 10.1. The number of nitrogens with zero attached hydrogens (tertiary/aromatic N) is 2. The lowest BCUT2D eigenvalue weighted by Crippen LogP contribution is -2.25. The molecule has 0 saturated heterocycles. The molecule has 4 aromatic carbocycles. The monoisotopic (exact) mass is 472 g/mol. The number of hydrogen-bond donors (Lipinski definition) is 0. The highest BCUT2D eigenvalue weighted by Crippen LogP contribution is 2.35. The Morgan fingerprint density at radius 2 is 1.51 bits per heavy atom. The van der Waals surface area contributed by atoms with E-state index >= 15 is 0 Å². The number of benzene rings is 4. The van der Waals surface area contributed by atoms with Gasteiger partial charge in [0.25, 0.3) is 5.91 Å². The van der Waals surface area contributed by atoms with E-state index in [1.807, 2.05) is 42.5 Å². The van der Waals surface area contributed by atoms with Crippen molar-refractivity contribution < 1.29 is 22.7 Å². The van der Waals surface area contributed by atoms with E-state index in [1.165, 1.54) is 6.07 Å². The Bertz CT molecular complexity index is 1420. The van der Waals surface area contributed by atoms with Crippen molar-refractivity contribution in [1.29, 1.82) is 0 Å². The lowest BCUT2D eigenvalue weighted by molar-refractivity contribution is -0.137. The summed E-state index contributed by atoms with van der Waals surface area (Å²) in [6.07, 6.45) is -4.48. The number of amidine groups is 1. The van der Waals surface area contributed by atoms with Crippen molar-refractivity contribution in [2.24, 2.45) is 4.99 Å². The molecule has 35 heavy (non-hydrogen) atoms. The third-order valence-electron chi connectivity index (χ3n) is 5.59. The molecule has 5 rings (SSSR count). The van der Waals surface area contributed by atoms with Crippen molar-refractivity contribution in [3.8, 4) is 11.5 Å². The first kappa shape index (κ1) is 22.4. The third-order valence-corrected chi connectivity index (χ3v) is 5.59. The van der Waals surface area contributed by atoms with E-state index in [1.54, 1.807) is 47.4 Å². The minimum atomic E-state index is -4.48. The molecule has 1 amide bonds. The predicted octanol–water partition coefficient (Wildman–Crippen LogP) is 7.10. The van der Waals surface area contributed by atoms with E-state index in [0.717, 1.165) is 17.7 Å². The molecule has 0 unspecified atom stereocenters. The summed E-state index contributed by atoms with van der Waals surface area (Å²) in [5, 5.41) is 0. The van der Waals surface area contributed by atoms with Crippen molar-refractivity contribution >= 4 is 17.4 Å². The van der Waals surface area contributed by atoms with Gasteiger partial charge < -0.3 is 9.64 Å². The number of hydrogen-bond acceptors (Lipinski definition) is 2. The van der Waals surface area contributed by atoms with Crippen LogP contribution in [0.5, 0.6) is 11.5 Å². The van der Waals surface area contributed by atoms with Crippen LogP contribution >= 0.6 is 0 Å². The van der Waals surface area contributed by atoms with Gasteiger partial charge in [-0.25, -0.2) is 0 Å². The topological polar surface area (TPSA) is 41.9 Å². The van der Waals surface area contributed by atoms with Gasteiger partial charge in [-0.3, -0.25) is 4.79 Å². The standard InChI is InChI=1S/C28H19F3N2O2/c29-28(30,31)21-10-7-11-22(17-21)33-18-20-8-4-5-15-25(20)26(33)32-27(34)19-9-6-14-24(16-19)35-23-12-2-1-3-13-23/h1-17H,18H2. The minimum absolute atomic E-state index is 0.305. The predicted molar refractivity (Wildman–Crippen MR) is 128 cm³/mol. The smallest absolute Gasteiger partial charge is 0.416 e. The number of carbonyl (C=O) groups is 1. The van der Waals surface area contributed by atoms with E-state index in [-0.39, 0.29) is 0 Å². The molecule has 1 aliphatic heterocycles. The average Bonchev–Trinajstić information content (AvgIpc) is 3.23. The molecule has 0 spiro atoms. The highest BCUT2D eigenvalue weighted by molar-refractivity contribution is 6.18. The average molecular weight is 472 g/mol. The van der Waals surface area contributed by atoms with Crippen LogP contribution in [0.25, 0.3) is 0 Å². The summed E-state index contributed by atoms with van der Waals surface area (Å²) in [7, 11) is 0. The highest BCUT2D eigenvalue weighted by Gasteiger charge is 2.33. The van der Waals surface area contributed by atoms with Crippen molar-refractivity contribution in [2.75, 3.05) is 4.90 Å². The Kier molecular flexibility index (Phi) is 5.82. The Hall–Kier alpha value is -4.39. The number of ether oxygens (including phenoxy) is 1.